The fraction of sp³-hybridized carbons (Fsp3) is 0.174. The van der Waals surface area contributed by atoms with Crippen LogP contribution in [0.25, 0.3) is 61.2 Å². The summed E-state index contributed by atoms with van der Waals surface area (Å²) in [7, 11) is 0. The molecule has 0 aliphatic heterocycles. The van der Waals surface area contributed by atoms with E-state index >= 15 is 0 Å². The highest BCUT2D eigenvalue weighted by Crippen LogP contribution is 2.42. The Bertz CT molecular complexity index is 2610. The van der Waals surface area contributed by atoms with E-state index in [1.54, 1.807) is 6.21 Å². The van der Waals surface area contributed by atoms with Crippen molar-refractivity contribution in [2.75, 3.05) is 0 Å². The van der Waals surface area contributed by atoms with Gasteiger partial charge in [0.05, 0.1) is 16.7 Å². The first-order valence-electron chi connectivity index (χ1n) is 17.5. The zero-order valence-electron chi connectivity index (χ0n) is 29.9. The van der Waals surface area contributed by atoms with E-state index < -0.39 is 0 Å². The topological polar surface area (TPSA) is 63.5 Å². The number of aromatic hydroxyl groups is 1. The van der Waals surface area contributed by atoms with Gasteiger partial charge in [-0.3, -0.25) is 9.56 Å². The second-order valence-electron chi connectivity index (χ2n) is 15.3. The maximum absolute atomic E-state index is 11.5. The average molecular weight is 668 g/mol. The van der Waals surface area contributed by atoms with Crippen molar-refractivity contribution in [2.24, 2.45) is 4.99 Å². The lowest BCUT2D eigenvalue weighted by molar-refractivity contribution is 0.444. The summed E-state index contributed by atoms with van der Waals surface area (Å²) in [6.07, 6.45) is 1.79. The molecule has 0 spiro atoms. The minimum absolute atomic E-state index is 0.0981. The van der Waals surface area contributed by atoms with E-state index in [9.17, 15) is 5.11 Å². The van der Waals surface area contributed by atoms with Crippen LogP contribution in [0.15, 0.2) is 137 Å². The summed E-state index contributed by atoms with van der Waals surface area (Å²) in [4.78, 5) is 10.5. The Kier molecular flexibility index (Phi) is 7.68. The van der Waals surface area contributed by atoms with E-state index in [-0.39, 0.29) is 16.6 Å². The molecule has 0 saturated heterocycles. The maximum atomic E-state index is 11.5. The molecule has 0 aliphatic rings. The van der Waals surface area contributed by atoms with Crippen LogP contribution in [0.4, 0.5) is 5.69 Å². The van der Waals surface area contributed by atoms with E-state index in [2.05, 4.69) is 119 Å². The van der Waals surface area contributed by atoms with Crippen LogP contribution in [-0.4, -0.2) is 20.9 Å². The third-order valence-corrected chi connectivity index (χ3v) is 9.70. The predicted octanol–water partition coefficient (Wildman–Crippen LogP) is 12.3. The van der Waals surface area contributed by atoms with Crippen LogP contribution in [-0.2, 0) is 10.8 Å². The molecular weight excluding hydrogens is 627 g/mol. The molecule has 0 unspecified atom stereocenters. The van der Waals surface area contributed by atoms with Gasteiger partial charge in [0.15, 0.2) is 0 Å². The highest BCUT2D eigenvalue weighted by molar-refractivity contribution is 6.12. The minimum Gasteiger partial charge on any atom is -0.507 e. The molecule has 8 rings (SSSR count). The van der Waals surface area contributed by atoms with Crippen molar-refractivity contribution < 1.29 is 9.52 Å². The van der Waals surface area contributed by atoms with E-state index in [4.69, 9.17) is 14.4 Å². The molecule has 5 nitrogen and oxygen atoms in total. The third kappa shape index (κ3) is 5.69. The number of aliphatic imine (C=N–C) groups is 1. The molecule has 252 valence electrons. The van der Waals surface area contributed by atoms with Crippen molar-refractivity contribution in [3.63, 3.8) is 0 Å². The van der Waals surface area contributed by atoms with Crippen LogP contribution in [0.2, 0.25) is 0 Å². The number of hydrogen-bond donors (Lipinski definition) is 1. The maximum Gasteiger partial charge on any atom is 0.147 e. The molecule has 0 bridgehead atoms. The summed E-state index contributed by atoms with van der Waals surface area (Å²) >= 11 is 0. The number of nitrogens with zero attached hydrogens (tertiary/aromatic N) is 3. The molecule has 0 aliphatic carbocycles. The average Bonchev–Trinajstić information content (AvgIpc) is 3.70. The standard InChI is InChI=1S/C46H41N3O2/c1-45(2,3)30-26-29(42(50)37(27-30)46(4,5)6)28-47-38-23-12-10-19-36(38)44-48-41-33(20-15-24-39(41)49(44)31-16-8-7-9-17-31)35-22-14-21-34-32-18-11-13-25-40(32)51-43(34)35/h7-28,50H,1-6H3. The largest absolute Gasteiger partial charge is 0.507 e. The van der Waals surface area contributed by atoms with Crippen molar-refractivity contribution in [3.8, 4) is 34.0 Å². The smallest absolute Gasteiger partial charge is 0.147 e. The number of para-hydroxylation sites is 5. The zero-order chi connectivity index (χ0) is 35.5. The molecule has 0 saturated carbocycles. The number of hydrogen-bond acceptors (Lipinski definition) is 4. The fourth-order valence-corrected chi connectivity index (χ4v) is 6.97. The third-order valence-electron chi connectivity index (χ3n) is 9.70. The molecule has 0 atom stereocenters. The molecule has 51 heavy (non-hydrogen) atoms. The Morgan fingerprint density at radius 1 is 0.667 bits per heavy atom. The fourth-order valence-electron chi connectivity index (χ4n) is 6.97. The van der Waals surface area contributed by atoms with Crippen LogP contribution in [0.3, 0.4) is 0 Å². The molecular formula is C46H41N3O2. The molecule has 2 aromatic heterocycles. The molecule has 0 amide bonds. The Labute approximate surface area is 298 Å². The normalized spacial score (nSPS) is 12.5. The van der Waals surface area contributed by atoms with E-state index in [0.29, 0.717) is 5.56 Å². The van der Waals surface area contributed by atoms with Crippen LogP contribution in [0.1, 0.15) is 58.2 Å². The number of benzene rings is 6. The molecule has 0 fully saturated rings. The van der Waals surface area contributed by atoms with Gasteiger partial charge in [-0.2, -0.15) is 0 Å². The molecule has 0 radical (unpaired) electrons. The van der Waals surface area contributed by atoms with Gasteiger partial charge in [-0.25, -0.2) is 4.98 Å². The van der Waals surface area contributed by atoms with Gasteiger partial charge in [0.1, 0.15) is 22.7 Å². The summed E-state index contributed by atoms with van der Waals surface area (Å²) in [5.41, 5.74) is 10.6. The van der Waals surface area contributed by atoms with E-state index in [0.717, 1.165) is 78.0 Å². The minimum atomic E-state index is -0.239. The van der Waals surface area contributed by atoms with Crippen molar-refractivity contribution in [1.82, 2.24) is 9.55 Å². The highest BCUT2D eigenvalue weighted by atomic mass is 16.3. The van der Waals surface area contributed by atoms with Gasteiger partial charge in [0.2, 0.25) is 0 Å². The highest BCUT2D eigenvalue weighted by Gasteiger charge is 2.25. The first-order valence-corrected chi connectivity index (χ1v) is 17.5. The van der Waals surface area contributed by atoms with Gasteiger partial charge in [-0.1, -0.05) is 126 Å². The second-order valence-corrected chi connectivity index (χ2v) is 15.3. The lowest BCUT2D eigenvalue weighted by Gasteiger charge is -2.27. The predicted molar refractivity (Wildman–Crippen MR) is 212 cm³/mol. The number of imidazole rings is 1. The summed E-state index contributed by atoms with van der Waals surface area (Å²) < 4.78 is 8.69. The number of rotatable bonds is 5. The summed E-state index contributed by atoms with van der Waals surface area (Å²) in [5, 5.41) is 13.7. The van der Waals surface area contributed by atoms with Gasteiger partial charge in [-0.05, 0) is 58.9 Å². The van der Waals surface area contributed by atoms with Gasteiger partial charge in [0, 0.05) is 50.5 Å². The number of fused-ring (bicyclic) bond motifs is 4. The quantitative estimate of drug-likeness (QED) is 0.186. The second kappa shape index (κ2) is 12.1. The number of aromatic nitrogens is 2. The molecule has 8 aromatic rings. The monoisotopic (exact) mass is 667 g/mol. The number of phenols is 1. The molecule has 5 heteroatoms. The first-order chi connectivity index (χ1) is 24.5. The van der Waals surface area contributed by atoms with Crippen LogP contribution < -0.4 is 0 Å². The van der Waals surface area contributed by atoms with Gasteiger partial charge in [0.25, 0.3) is 0 Å². The van der Waals surface area contributed by atoms with Gasteiger partial charge < -0.3 is 9.52 Å². The van der Waals surface area contributed by atoms with Crippen LogP contribution in [0, 0.1) is 0 Å². The van der Waals surface area contributed by atoms with E-state index in [1.807, 2.05) is 54.6 Å². The lowest BCUT2D eigenvalue weighted by atomic mass is 9.79. The van der Waals surface area contributed by atoms with Gasteiger partial charge >= 0.3 is 0 Å². The van der Waals surface area contributed by atoms with Crippen LogP contribution >= 0.6 is 0 Å². The Morgan fingerprint density at radius 2 is 1.33 bits per heavy atom. The van der Waals surface area contributed by atoms with Crippen molar-refractivity contribution in [2.45, 2.75) is 52.4 Å². The van der Waals surface area contributed by atoms with Crippen molar-refractivity contribution in [3.05, 3.63) is 144 Å². The van der Waals surface area contributed by atoms with Crippen LogP contribution in [0.5, 0.6) is 5.75 Å². The Hall–Kier alpha value is -5.94. The van der Waals surface area contributed by atoms with E-state index in [1.165, 1.54) is 0 Å². The lowest BCUT2D eigenvalue weighted by Crippen LogP contribution is -2.17. The first kappa shape index (κ1) is 32.3. The molecule has 6 aromatic carbocycles. The Morgan fingerprint density at radius 3 is 2.12 bits per heavy atom. The van der Waals surface area contributed by atoms with Gasteiger partial charge in [-0.15, -0.1) is 0 Å². The molecule has 2 heterocycles. The number of phenolic OH excluding ortho intramolecular Hbond substituents is 1. The van der Waals surface area contributed by atoms with Crippen molar-refractivity contribution >= 4 is 44.9 Å². The number of furan rings is 1. The molecule has 1 N–H and O–H groups in total. The summed E-state index contributed by atoms with van der Waals surface area (Å²) in [5.74, 6) is 1.04. The van der Waals surface area contributed by atoms with Crippen molar-refractivity contribution in [1.29, 1.82) is 0 Å². The summed E-state index contributed by atoms with van der Waals surface area (Å²) in [6.45, 7) is 13.0. The Balaban J connectivity index is 1.34. The SMILES string of the molecule is CC(C)(C)c1cc(C=Nc2ccccc2-c2nc3c(-c4cccc5c4oc4ccccc45)cccc3n2-c2ccccc2)c(O)c(C(C)(C)C)c1. The zero-order valence-corrected chi connectivity index (χ0v) is 29.9. The summed E-state index contributed by atoms with van der Waals surface area (Å²) in [6, 6.07) is 43.4.